The highest BCUT2D eigenvalue weighted by Gasteiger charge is 2.33. The van der Waals surface area contributed by atoms with E-state index in [1.165, 1.54) is 0 Å². The predicted octanol–water partition coefficient (Wildman–Crippen LogP) is 1.39. The molecule has 2 saturated heterocycles. The molecule has 0 saturated carbocycles. The molecule has 2 fully saturated rings. The summed E-state index contributed by atoms with van der Waals surface area (Å²) in [6, 6.07) is 3.91. The Kier molecular flexibility index (Phi) is 8.10. The number of hydrogen-bond donors (Lipinski definition) is 4. The Bertz CT molecular complexity index is 954. The topological polar surface area (TPSA) is 149 Å². The van der Waals surface area contributed by atoms with Crippen LogP contribution >= 0.6 is 0 Å². The van der Waals surface area contributed by atoms with Crippen LogP contribution in [-0.4, -0.2) is 74.6 Å². The number of nitrogens with two attached hydrogens (primary N) is 1. The van der Waals surface area contributed by atoms with Crippen molar-refractivity contribution in [3.8, 4) is 0 Å². The number of carboxylic acids is 1. The summed E-state index contributed by atoms with van der Waals surface area (Å²) in [7, 11) is 0. The molecule has 186 valence electrons. The maximum atomic E-state index is 11.8. The van der Waals surface area contributed by atoms with Gasteiger partial charge in [0.15, 0.2) is 5.69 Å². The number of carbonyl (C=O) groups is 1. The molecule has 5 N–H and O–H groups in total. The highest BCUT2D eigenvalue weighted by molar-refractivity contribution is 5.70. The third-order valence-electron chi connectivity index (χ3n) is 5.76. The van der Waals surface area contributed by atoms with Crippen LogP contribution in [-0.2, 0) is 11.0 Å². The molecule has 0 bridgehead atoms. The Morgan fingerprint density at radius 2 is 1.68 bits per heavy atom. The van der Waals surface area contributed by atoms with E-state index in [9.17, 15) is 28.2 Å². The van der Waals surface area contributed by atoms with Crippen LogP contribution in [0.4, 0.5) is 30.5 Å². The molecule has 0 spiro atoms. The first-order chi connectivity index (χ1) is 16.0. The Balaban J connectivity index is 0.000000248. The number of alkyl halides is 3. The highest BCUT2D eigenvalue weighted by atomic mass is 19.4. The maximum absolute atomic E-state index is 11.8. The monoisotopic (exact) mass is 484 g/mol. The second-order valence-corrected chi connectivity index (χ2v) is 8.17. The van der Waals surface area contributed by atoms with E-state index in [0.717, 1.165) is 30.8 Å². The van der Waals surface area contributed by atoms with Gasteiger partial charge in [0.05, 0.1) is 42.4 Å². The first-order valence-electron chi connectivity index (χ1n) is 10.7. The summed E-state index contributed by atoms with van der Waals surface area (Å²) in [6.45, 7) is 2.52. The number of aliphatic hydroxyl groups is 2. The highest BCUT2D eigenvalue weighted by Crippen LogP contribution is 2.27. The van der Waals surface area contributed by atoms with E-state index < -0.39 is 30.0 Å². The van der Waals surface area contributed by atoms with Gasteiger partial charge in [-0.25, -0.2) is 9.97 Å². The van der Waals surface area contributed by atoms with Crippen molar-refractivity contribution in [2.75, 3.05) is 41.7 Å². The van der Waals surface area contributed by atoms with Crippen molar-refractivity contribution in [2.45, 2.75) is 37.6 Å². The third kappa shape index (κ3) is 6.67. The largest absolute Gasteiger partial charge is 0.481 e. The standard InChI is InChI=1S/C16H23N3O4.C5H4F3N3/c20-13-5-8-19(10-14(13)21)15-2-1-12(9-17-15)18-6-3-11(4-7-18)16(22)23;6-5(7,8)3-1-10-2-4(9)11-3/h1-2,9,11,13-14,20-21H,3-8,10H2,(H,22,23);1-2H,(H2,9,11). The zero-order valence-corrected chi connectivity index (χ0v) is 18.3. The normalized spacial score (nSPS) is 21.6. The number of aliphatic hydroxyl groups excluding tert-OH is 2. The Morgan fingerprint density at radius 1 is 1.00 bits per heavy atom. The van der Waals surface area contributed by atoms with Crippen molar-refractivity contribution < 1.29 is 33.3 Å². The van der Waals surface area contributed by atoms with Crippen molar-refractivity contribution in [1.82, 2.24) is 15.0 Å². The maximum Gasteiger partial charge on any atom is 0.434 e. The quantitative estimate of drug-likeness (QED) is 0.503. The average molecular weight is 484 g/mol. The Morgan fingerprint density at radius 3 is 2.18 bits per heavy atom. The minimum atomic E-state index is -4.47. The number of hydrogen-bond acceptors (Lipinski definition) is 9. The van der Waals surface area contributed by atoms with Gasteiger partial charge in [-0.2, -0.15) is 13.2 Å². The molecular formula is C21H27F3N6O4. The number of aromatic nitrogens is 3. The molecule has 2 aliphatic heterocycles. The van der Waals surface area contributed by atoms with E-state index in [1.807, 2.05) is 17.0 Å². The van der Waals surface area contributed by atoms with Crippen molar-refractivity contribution in [1.29, 1.82) is 0 Å². The van der Waals surface area contributed by atoms with Gasteiger partial charge < -0.3 is 30.9 Å². The van der Waals surface area contributed by atoms with E-state index in [1.54, 1.807) is 6.20 Å². The first-order valence-corrected chi connectivity index (χ1v) is 10.7. The zero-order chi connectivity index (χ0) is 24.9. The molecule has 2 aliphatic rings. The van der Waals surface area contributed by atoms with E-state index >= 15 is 0 Å². The zero-order valence-electron chi connectivity index (χ0n) is 18.3. The molecule has 0 aliphatic carbocycles. The molecule has 34 heavy (non-hydrogen) atoms. The fourth-order valence-corrected chi connectivity index (χ4v) is 3.78. The van der Waals surface area contributed by atoms with Gasteiger partial charge in [-0.3, -0.25) is 9.78 Å². The van der Waals surface area contributed by atoms with Crippen molar-refractivity contribution in [2.24, 2.45) is 5.92 Å². The molecule has 2 aromatic heterocycles. The van der Waals surface area contributed by atoms with Gasteiger partial charge in [0.2, 0.25) is 0 Å². The van der Waals surface area contributed by atoms with Crippen LogP contribution in [0.25, 0.3) is 0 Å². The number of halogens is 3. The minimum Gasteiger partial charge on any atom is -0.481 e. The average Bonchev–Trinajstić information content (AvgIpc) is 2.81. The smallest absolute Gasteiger partial charge is 0.434 e. The summed E-state index contributed by atoms with van der Waals surface area (Å²) in [5.41, 5.74) is 4.91. The number of nitrogens with zero attached hydrogens (tertiary/aromatic N) is 5. The summed E-state index contributed by atoms with van der Waals surface area (Å²) >= 11 is 0. The number of nitrogen functional groups attached to an aromatic ring is 1. The molecule has 0 aromatic carbocycles. The van der Waals surface area contributed by atoms with Gasteiger partial charge >= 0.3 is 12.1 Å². The third-order valence-corrected chi connectivity index (χ3v) is 5.76. The molecule has 0 radical (unpaired) electrons. The van der Waals surface area contributed by atoms with E-state index in [2.05, 4.69) is 19.9 Å². The number of β-amino-alcohol motifs (C(OH)–C–C–N with tert-alkyl or cyclic N) is 1. The van der Waals surface area contributed by atoms with Crippen molar-refractivity contribution in [3.63, 3.8) is 0 Å². The van der Waals surface area contributed by atoms with Gasteiger partial charge in [0, 0.05) is 26.2 Å². The molecule has 4 heterocycles. The Hall–Kier alpha value is -3.19. The summed E-state index contributed by atoms with van der Waals surface area (Å²) in [5.74, 6) is -0.385. The molecule has 4 rings (SSSR count). The second kappa shape index (κ2) is 10.8. The molecule has 2 atom stereocenters. The molecular weight excluding hydrogens is 457 g/mol. The summed E-state index contributed by atoms with van der Waals surface area (Å²) in [6.07, 6.45) is -0.531. The van der Waals surface area contributed by atoms with E-state index in [-0.39, 0.29) is 11.7 Å². The minimum absolute atomic E-state index is 0.236. The van der Waals surface area contributed by atoms with Crippen LogP contribution < -0.4 is 15.5 Å². The van der Waals surface area contributed by atoms with Crippen molar-refractivity contribution in [3.05, 3.63) is 36.4 Å². The van der Waals surface area contributed by atoms with Crippen molar-refractivity contribution >= 4 is 23.3 Å². The second-order valence-electron chi connectivity index (χ2n) is 8.17. The predicted molar refractivity (Wildman–Crippen MR) is 117 cm³/mol. The molecule has 13 heteroatoms. The fraction of sp³-hybridized carbons (Fsp3) is 0.524. The van der Waals surface area contributed by atoms with Gasteiger partial charge in [0.25, 0.3) is 0 Å². The lowest BCUT2D eigenvalue weighted by atomic mass is 9.97. The number of rotatable bonds is 3. The molecule has 10 nitrogen and oxygen atoms in total. The van der Waals surface area contributed by atoms with Gasteiger partial charge in [-0.15, -0.1) is 0 Å². The lowest BCUT2D eigenvalue weighted by molar-refractivity contribution is -0.142. The summed E-state index contributed by atoms with van der Waals surface area (Å²) in [5, 5.41) is 28.4. The van der Waals surface area contributed by atoms with E-state index in [0.29, 0.717) is 38.5 Å². The molecule has 2 unspecified atom stereocenters. The summed E-state index contributed by atoms with van der Waals surface area (Å²) in [4.78, 5) is 25.9. The Labute approximate surface area is 193 Å². The summed E-state index contributed by atoms with van der Waals surface area (Å²) < 4.78 is 35.4. The van der Waals surface area contributed by atoms with Crippen LogP contribution in [0.3, 0.4) is 0 Å². The number of pyridine rings is 1. The lowest BCUT2D eigenvalue weighted by Crippen LogP contribution is -2.47. The van der Waals surface area contributed by atoms with E-state index in [4.69, 9.17) is 10.8 Å². The van der Waals surface area contributed by atoms with Crippen LogP contribution in [0.2, 0.25) is 0 Å². The fourth-order valence-electron chi connectivity index (χ4n) is 3.78. The van der Waals surface area contributed by atoms with Gasteiger partial charge in [-0.05, 0) is 31.4 Å². The molecule has 0 amide bonds. The number of aliphatic carboxylic acids is 1. The van der Waals surface area contributed by atoms with Crippen LogP contribution in [0, 0.1) is 5.92 Å². The van der Waals surface area contributed by atoms with Crippen LogP contribution in [0.15, 0.2) is 30.7 Å². The van der Waals surface area contributed by atoms with Gasteiger partial charge in [0.1, 0.15) is 11.6 Å². The van der Waals surface area contributed by atoms with Gasteiger partial charge in [-0.1, -0.05) is 0 Å². The number of anilines is 3. The lowest BCUT2D eigenvalue weighted by Gasteiger charge is -2.35. The van der Waals surface area contributed by atoms with Crippen LogP contribution in [0.1, 0.15) is 25.0 Å². The van der Waals surface area contributed by atoms with Crippen LogP contribution in [0.5, 0.6) is 0 Å². The SMILES string of the molecule is Nc1cncc(C(F)(F)F)n1.O=C(O)C1CCN(c2ccc(N3CCC(O)C(O)C3)nc2)CC1. The number of carboxylic acid groups (broad SMARTS) is 1. The molecule has 2 aromatic rings. The first kappa shape index (κ1) is 25.4. The number of piperidine rings is 2.